The summed E-state index contributed by atoms with van der Waals surface area (Å²) in [5.41, 5.74) is 2.45. The van der Waals surface area contributed by atoms with E-state index in [-0.39, 0.29) is 17.6 Å². The minimum Gasteiger partial charge on any atom is -0.461 e. The van der Waals surface area contributed by atoms with E-state index in [9.17, 15) is 4.79 Å². The molecule has 144 valence electrons. The fourth-order valence-electron chi connectivity index (χ4n) is 4.39. The highest BCUT2D eigenvalue weighted by Gasteiger charge is 2.33. The quantitative estimate of drug-likeness (QED) is 0.785. The van der Waals surface area contributed by atoms with Crippen LogP contribution in [0.3, 0.4) is 0 Å². The maximum atomic E-state index is 12.6. The molecule has 1 N–H and O–H groups in total. The highest BCUT2D eigenvalue weighted by Crippen LogP contribution is 2.39. The summed E-state index contributed by atoms with van der Waals surface area (Å²) in [5.74, 6) is 0.634. The number of esters is 1. The lowest BCUT2D eigenvalue weighted by Crippen LogP contribution is -2.50. The van der Waals surface area contributed by atoms with Crippen molar-refractivity contribution in [3.05, 3.63) is 24.3 Å². The van der Waals surface area contributed by atoms with Crippen molar-refractivity contribution in [1.82, 2.24) is 0 Å². The van der Waals surface area contributed by atoms with E-state index >= 15 is 0 Å². The molecule has 1 aromatic carbocycles. The highest BCUT2D eigenvalue weighted by molar-refractivity contribution is 5.81. The smallest absolute Gasteiger partial charge is 0.325 e. The Bertz CT molecular complexity index is 640. The summed E-state index contributed by atoms with van der Waals surface area (Å²) in [6.45, 7) is 12.4. The van der Waals surface area contributed by atoms with Crippen molar-refractivity contribution in [3.63, 3.8) is 0 Å². The number of para-hydroxylation sites is 2. The first-order valence-corrected chi connectivity index (χ1v) is 9.96. The summed E-state index contributed by atoms with van der Waals surface area (Å²) in [5, 5.41) is 3.55. The summed E-state index contributed by atoms with van der Waals surface area (Å²) >= 11 is 0. The van der Waals surface area contributed by atoms with Crippen molar-refractivity contribution in [2.45, 2.75) is 71.9 Å². The Kier molecular flexibility index (Phi) is 5.23. The van der Waals surface area contributed by atoms with Gasteiger partial charge in [-0.15, -0.1) is 0 Å². The molecule has 0 radical (unpaired) electrons. The summed E-state index contributed by atoms with van der Waals surface area (Å²) < 4.78 is 5.84. The predicted molar refractivity (Wildman–Crippen MR) is 108 cm³/mol. The monoisotopic (exact) mass is 358 g/mol. The average Bonchev–Trinajstić information content (AvgIpc) is 2.53. The van der Waals surface area contributed by atoms with E-state index in [1.165, 1.54) is 0 Å². The summed E-state index contributed by atoms with van der Waals surface area (Å²) in [6, 6.07) is 8.18. The standard InChI is InChI=1S/C22H34N2O2/c1-21(2,3)16-10-12-17(13-11-16)26-20(25)14-24-15-22(4,5)23-18-8-6-7-9-19(18)24/h6-9,16-17,23H,10-15H2,1-5H3. The van der Waals surface area contributed by atoms with Gasteiger partial charge >= 0.3 is 5.97 Å². The molecule has 3 rings (SSSR count). The van der Waals surface area contributed by atoms with Gasteiger partial charge in [-0.05, 0) is 63.0 Å². The number of nitrogens with zero attached hydrogens (tertiary/aromatic N) is 1. The second kappa shape index (κ2) is 7.13. The van der Waals surface area contributed by atoms with E-state index in [0.29, 0.717) is 12.0 Å². The van der Waals surface area contributed by atoms with Crippen LogP contribution in [0.2, 0.25) is 0 Å². The number of carbonyl (C=O) groups is 1. The Morgan fingerprint density at radius 3 is 2.50 bits per heavy atom. The van der Waals surface area contributed by atoms with Crippen LogP contribution in [-0.4, -0.2) is 30.7 Å². The predicted octanol–water partition coefficient (Wildman–Crippen LogP) is 4.85. The van der Waals surface area contributed by atoms with Crippen LogP contribution in [0.1, 0.15) is 60.3 Å². The number of hydrogen-bond donors (Lipinski definition) is 1. The Balaban J connectivity index is 1.57. The Morgan fingerprint density at radius 1 is 1.19 bits per heavy atom. The molecular weight excluding hydrogens is 324 g/mol. The molecule has 1 saturated carbocycles. The van der Waals surface area contributed by atoms with Crippen molar-refractivity contribution >= 4 is 17.3 Å². The van der Waals surface area contributed by atoms with Gasteiger partial charge in [-0.1, -0.05) is 32.9 Å². The van der Waals surface area contributed by atoms with E-state index in [1.54, 1.807) is 0 Å². The molecule has 0 saturated heterocycles. The van der Waals surface area contributed by atoms with Crippen molar-refractivity contribution in [2.24, 2.45) is 11.3 Å². The molecule has 1 heterocycles. The SMILES string of the molecule is CC1(C)CN(CC(=O)OC2CCC(C(C)(C)C)CC2)c2ccccc2N1. The second-order valence-corrected chi connectivity index (χ2v) is 9.71. The van der Waals surface area contributed by atoms with Crippen LogP contribution in [0, 0.1) is 11.3 Å². The topological polar surface area (TPSA) is 41.6 Å². The number of benzene rings is 1. The Morgan fingerprint density at radius 2 is 1.85 bits per heavy atom. The number of carbonyl (C=O) groups excluding carboxylic acids is 1. The van der Waals surface area contributed by atoms with E-state index in [0.717, 1.165) is 49.5 Å². The minimum atomic E-state index is -0.100. The lowest BCUT2D eigenvalue weighted by Gasteiger charge is -2.42. The normalized spacial score (nSPS) is 25.2. The fourth-order valence-corrected chi connectivity index (χ4v) is 4.39. The maximum absolute atomic E-state index is 12.6. The van der Waals surface area contributed by atoms with Gasteiger partial charge < -0.3 is 15.0 Å². The number of anilines is 2. The largest absolute Gasteiger partial charge is 0.461 e. The first-order valence-electron chi connectivity index (χ1n) is 9.96. The van der Waals surface area contributed by atoms with Crippen LogP contribution < -0.4 is 10.2 Å². The number of rotatable bonds is 3. The van der Waals surface area contributed by atoms with Crippen molar-refractivity contribution in [3.8, 4) is 0 Å². The van der Waals surface area contributed by atoms with Gasteiger partial charge in [-0.25, -0.2) is 0 Å². The van der Waals surface area contributed by atoms with E-state index in [4.69, 9.17) is 4.74 Å². The molecule has 1 aromatic rings. The Hall–Kier alpha value is -1.71. The van der Waals surface area contributed by atoms with E-state index in [2.05, 4.69) is 57.0 Å². The lowest BCUT2D eigenvalue weighted by molar-refractivity contribution is -0.149. The van der Waals surface area contributed by atoms with Crippen LogP contribution in [-0.2, 0) is 9.53 Å². The van der Waals surface area contributed by atoms with Crippen LogP contribution >= 0.6 is 0 Å². The molecular formula is C22H34N2O2. The molecule has 0 spiro atoms. The van der Waals surface area contributed by atoms with Gasteiger partial charge in [0.25, 0.3) is 0 Å². The molecule has 0 aromatic heterocycles. The van der Waals surface area contributed by atoms with Gasteiger partial charge in [0.15, 0.2) is 0 Å². The number of nitrogens with one attached hydrogen (secondary N) is 1. The van der Waals surface area contributed by atoms with Crippen LogP contribution in [0.25, 0.3) is 0 Å². The lowest BCUT2D eigenvalue weighted by atomic mass is 9.72. The summed E-state index contributed by atoms with van der Waals surface area (Å²) in [7, 11) is 0. The second-order valence-electron chi connectivity index (χ2n) is 9.71. The highest BCUT2D eigenvalue weighted by atomic mass is 16.5. The molecule has 0 bridgehead atoms. The van der Waals surface area contributed by atoms with Gasteiger partial charge in [0.05, 0.1) is 11.4 Å². The molecule has 0 unspecified atom stereocenters. The molecule has 4 nitrogen and oxygen atoms in total. The third kappa shape index (κ3) is 4.52. The molecule has 0 amide bonds. The fraction of sp³-hybridized carbons (Fsp3) is 0.682. The zero-order valence-electron chi connectivity index (χ0n) is 17.0. The van der Waals surface area contributed by atoms with Crippen LogP contribution in [0.15, 0.2) is 24.3 Å². The zero-order chi connectivity index (χ0) is 18.9. The summed E-state index contributed by atoms with van der Waals surface area (Å²) in [4.78, 5) is 14.7. The van der Waals surface area contributed by atoms with Crippen LogP contribution in [0.4, 0.5) is 11.4 Å². The van der Waals surface area contributed by atoms with Gasteiger partial charge in [0.1, 0.15) is 12.6 Å². The van der Waals surface area contributed by atoms with Crippen molar-refractivity contribution in [2.75, 3.05) is 23.3 Å². The maximum Gasteiger partial charge on any atom is 0.325 e. The first-order chi connectivity index (χ1) is 12.1. The van der Waals surface area contributed by atoms with Gasteiger partial charge in [-0.3, -0.25) is 4.79 Å². The van der Waals surface area contributed by atoms with Crippen LogP contribution in [0.5, 0.6) is 0 Å². The molecule has 26 heavy (non-hydrogen) atoms. The third-order valence-corrected chi connectivity index (χ3v) is 5.82. The zero-order valence-corrected chi connectivity index (χ0v) is 17.0. The number of fused-ring (bicyclic) bond motifs is 1. The molecule has 1 fully saturated rings. The van der Waals surface area contributed by atoms with Crippen molar-refractivity contribution < 1.29 is 9.53 Å². The average molecular weight is 359 g/mol. The van der Waals surface area contributed by atoms with E-state index in [1.807, 2.05) is 12.1 Å². The molecule has 1 aliphatic heterocycles. The van der Waals surface area contributed by atoms with Gasteiger partial charge in [0, 0.05) is 12.1 Å². The van der Waals surface area contributed by atoms with Gasteiger partial charge in [-0.2, -0.15) is 0 Å². The molecule has 1 aliphatic carbocycles. The van der Waals surface area contributed by atoms with Gasteiger partial charge in [0.2, 0.25) is 0 Å². The molecule has 4 heteroatoms. The Labute approximate surface area is 158 Å². The number of hydrogen-bond acceptors (Lipinski definition) is 4. The van der Waals surface area contributed by atoms with Crippen molar-refractivity contribution in [1.29, 1.82) is 0 Å². The minimum absolute atomic E-state index is 0.0700. The first kappa shape index (κ1) is 19.1. The molecule has 2 aliphatic rings. The van der Waals surface area contributed by atoms with E-state index < -0.39 is 0 Å². The summed E-state index contributed by atoms with van der Waals surface area (Å²) in [6.07, 6.45) is 4.40. The number of ether oxygens (including phenoxy) is 1. The molecule has 0 atom stereocenters. The third-order valence-electron chi connectivity index (χ3n) is 5.82.